The Balaban J connectivity index is 1.71. The molecule has 1 aromatic carbocycles. The molecule has 0 spiro atoms. The van der Waals surface area contributed by atoms with Gasteiger partial charge >= 0.3 is 0 Å². The fourth-order valence-corrected chi connectivity index (χ4v) is 4.57. The second-order valence-corrected chi connectivity index (χ2v) is 9.46. The molecule has 162 valence electrons. The fourth-order valence-electron chi connectivity index (χ4n) is 3.08. The van der Waals surface area contributed by atoms with E-state index in [4.69, 9.17) is 9.47 Å². The van der Waals surface area contributed by atoms with Gasteiger partial charge in [0.25, 0.3) is 5.91 Å². The third-order valence-electron chi connectivity index (χ3n) is 4.52. The SMILES string of the molecule is CC(=O)CCc1ccc(OCC(=O)NCCS(=O)(=O)N2CC(C)OC(C)C2)cc1. The van der Waals surface area contributed by atoms with E-state index >= 15 is 0 Å². The summed E-state index contributed by atoms with van der Waals surface area (Å²) in [5, 5.41) is 2.58. The number of aryl methyl sites for hydroxylation is 1. The van der Waals surface area contributed by atoms with E-state index in [1.54, 1.807) is 19.1 Å². The summed E-state index contributed by atoms with van der Waals surface area (Å²) in [4.78, 5) is 22.9. The maximum Gasteiger partial charge on any atom is 0.257 e. The lowest BCUT2D eigenvalue weighted by atomic mass is 10.1. The molecule has 1 aliphatic heterocycles. The summed E-state index contributed by atoms with van der Waals surface area (Å²) in [7, 11) is -3.45. The normalized spacial score (nSPS) is 20.2. The van der Waals surface area contributed by atoms with Crippen LogP contribution in [-0.2, 0) is 30.8 Å². The largest absolute Gasteiger partial charge is 0.484 e. The van der Waals surface area contributed by atoms with E-state index in [-0.39, 0.29) is 42.8 Å². The summed E-state index contributed by atoms with van der Waals surface area (Å²) in [5.74, 6) is 0.130. The van der Waals surface area contributed by atoms with Crippen LogP contribution in [0, 0.1) is 0 Å². The highest BCUT2D eigenvalue weighted by Crippen LogP contribution is 2.15. The van der Waals surface area contributed by atoms with Gasteiger partial charge in [-0.25, -0.2) is 8.42 Å². The first-order chi connectivity index (χ1) is 13.7. The molecule has 1 N–H and O–H groups in total. The molecule has 1 heterocycles. The number of sulfonamides is 1. The number of ether oxygens (including phenoxy) is 2. The second kappa shape index (κ2) is 10.7. The van der Waals surface area contributed by atoms with E-state index in [1.807, 2.05) is 26.0 Å². The Morgan fingerprint density at radius 3 is 2.38 bits per heavy atom. The minimum atomic E-state index is -3.45. The molecule has 2 atom stereocenters. The van der Waals surface area contributed by atoms with Crippen molar-refractivity contribution in [2.45, 2.75) is 45.8 Å². The molecule has 0 saturated carbocycles. The van der Waals surface area contributed by atoms with Crippen LogP contribution in [0.4, 0.5) is 0 Å². The van der Waals surface area contributed by atoms with Crippen LogP contribution in [0.25, 0.3) is 0 Å². The standard InChI is InChI=1S/C20H30N2O6S/c1-15(23)4-5-18-6-8-19(9-7-18)27-14-20(24)21-10-11-29(25,26)22-12-16(2)28-17(3)13-22/h6-9,16-17H,4-5,10-14H2,1-3H3,(H,21,24). The Morgan fingerprint density at radius 2 is 1.79 bits per heavy atom. The monoisotopic (exact) mass is 426 g/mol. The van der Waals surface area contributed by atoms with Crippen molar-refractivity contribution in [3.05, 3.63) is 29.8 Å². The number of hydrogen-bond donors (Lipinski definition) is 1. The smallest absolute Gasteiger partial charge is 0.257 e. The zero-order chi connectivity index (χ0) is 21.4. The predicted molar refractivity (Wildman–Crippen MR) is 109 cm³/mol. The lowest BCUT2D eigenvalue weighted by molar-refractivity contribution is -0.123. The molecule has 0 aromatic heterocycles. The highest BCUT2D eigenvalue weighted by Gasteiger charge is 2.30. The van der Waals surface area contributed by atoms with E-state index in [1.165, 1.54) is 4.31 Å². The van der Waals surface area contributed by atoms with Crippen molar-refractivity contribution < 1.29 is 27.5 Å². The highest BCUT2D eigenvalue weighted by molar-refractivity contribution is 7.89. The van der Waals surface area contributed by atoms with E-state index in [9.17, 15) is 18.0 Å². The molecule has 0 radical (unpaired) electrons. The zero-order valence-electron chi connectivity index (χ0n) is 17.2. The Bertz CT molecular complexity index is 784. The summed E-state index contributed by atoms with van der Waals surface area (Å²) >= 11 is 0. The molecule has 0 aliphatic carbocycles. The molecule has 29 heavy (non-hydrogen) atoms. The molecule has 2 unspecified atom stereocenters. The van der Waals surface area contributed by atoms with Crippen molar-refractivity contribution in [1.29, 1.82) is 0 Å². The lowest BCUT2D eigenvalue weighted by Crippen LogP contribution is -2.49. The van der Waals surface area contributed by atoms with Gasteiger partial charge in [-0.15, -0.1) is 0 Å². The molecule has 8 nitrogen and oxygen atoms in total. The Hall–Kier alpha value is -1.97. The number of nitrogens with one attached hydrogen (secondary N) is 1. The van der Waals surface area contributed by atoms with Gasteiger partial charge in [0.1, 0.15) is 11.5 Å². The Labute approximate surface area is 172 Å². The van der Waals surface area contributed by atoms with Crippen molar-refractivity contribution in [3.8, 4) is 5.75 Å². The van der Waals surface area contributed by atoms with E-state index in [0.717, 1.165) is 5.56 Å². The van der Waals surface area contributed by atoms with Gasteiger partial charge in [0, 0.05) is 26.1 Å². The first kappa shape index (κ1) is 23.3. The van der Waals surface area contributed by atoms with Crippen LogP contribution < -0.4 is 10.1 Å². The summed E-state index contributed by atoms with van der Waals surface area (Å²) in [5.41, 5.74) is 1.02. The fraction of sp³-hybridized carbons (Fsp3) is 0.600. The summed E-state index contributed by atoms with van der Waals surface area (Å²) < 4.78 is 37.3. The van der Waals surface area contributed by atoms with Gasteiger partial charge in [0.15, 0.2) is 6.61 Å². The number of amides is 1. The number of hydrogen-bond acceptors (Lipinski definition) is 6. The molecule has 9 heteroatoms. The van der Waals surface area contributed by atoms with Gasteiger partial charge in [-0.3, -0.25) is 4.79 Å². The van der Waals surface area contributed by atoms with Gasteiger partial charge in [0.2, 0.25) is 10.0 Å². The molecule has 0 bridgehead atoms. The molecule has 2 rings (SSSR count). The number of Topliss-reactive ketones (excluding diaryl/α,β-unsaturated/α-hetero) is 1. The zero-order valence-corrected chi connectivity index (χ0v) is 18.0. The highest BCUT2D eigenvalue weighted by atomic mass is 32.2. The van der Waals surface area contributed by atoms with Crippen LogP contribution in [0.15, 0.2) is 24.3 Å². The van der Waals surface area contributed by atoms with Gasteiger partial charge < -0.3 is 19.6 Å². The summed E-state index contributed by atoms with van der Waals surface area (Å²) in [6, 6.07) is 7.20. The minimum absolute atomic E-state index is 0.0225. The second-order valence-electron chi connectivity index (χ2n) is 7.37. The van der Waals surface area contributed by atoms with Gasteiger partial charge in [-0.1, -0.05) is 12.1 Å². The van der Waals surface area contributed by atoms with Crippen LogP contribution in [0.2, 0.25) is 0 Å². The third kappa shape index (κ3) is 8.12. The number of morpholine rings is 1. The minimum Gasteiger partial charge on any atom is -0.484 e. The maximum atomic E-state index is 12.4. The van der Waals surface area contributed by atoms with Crippen LogP contribution in [0.1, 0.15) is 32.8 Å². The molecular formula is C20H30N2O6S. The van der Waals surface area contributed by atoms with Crippen LogP contribution >= 0.6 is 0 Å². The number of rotatable bonds is 10. The molecule has 1 aromatic rings. The van der Waals surface area contributed by atoms with Gasteiger partial charge in [-0.05, 0) is 44.9 Å². The van der Waals surface area contributed by atoms with Gasteiger partial charge in [0.05, 0.1) is 18.0 Å². The van der Waals surface area contributed by atoms with Crippen LogP contribution in [0.5, 0.6) is 5.75 Å². The number of carbonyl (C=O) groups is 2. The summed E-state index contributed by atoms with van der Waals surface area (Å²) in [6.07, 6.45) is 0.870. The van der Waals surface area contributed by atoms with Crippen molar-refractivity contribution >= 4 is 21.7 Å². The number of ketones is 1. The van der Waals surface area contributed by atoms with Crippen molar-refractivity contribution in [3.63, 3.8) is 0 Å². The quantitative estimate of drug-likeness (QED) is 0.602. The Kier molecular flexibility index (Phi) is 8.60. The number of carbonyl (C=O) groups excluding carboxylic acids is 2. The molecule has 1 aliphatic rings. The number of benzene rings is 1. The predicted octanol–water partition coefficient (Wildman–Crippen LogP) is 1.14. The molecule has 1 saturated heterocycles. The maximum absolute atomic E-state index is 12.4. The Morgan fingerprint density at radius 1 is 1.17 bits per heavy atom. The van der Waals surface area contributed by atoms with Gasteiger partial charge in [-0.2, -0.15) is 4.31 Å². The lowest BCUT2D eigenvalue weighted by Gasteiger charge is -2.34. The van der Waals surface area contributed by atoms with Crippen molar-refractivity contribution in [2.24, 2.45) is 0 Å². The average Bonchev–Trinajstić information content (AvgIpc) is 2.64. The summed E-state index contributed by atoms with van der Waals surface area (Å²) in [6.45, 7) is 5.72. The third-order valence-corrected chi connectivity index (χ3v) is 6.33. The van der Waals surface area contributed by atoms with Crippen molar-refractivity contribution in [1.82, 2.24) is 9.62 Å². The topological polar surface area (TPSA) is 102 Å². The number of nitrogens with zero attached hydrogens (tertiary/aromatic N) is 1. The van der Waals surface area contributed by atoms with Crippen LogP contribution in [-0.4, -0.2) is 68.6 Å². The van der Waals surface area contributed by atoms with E-state index < -0.39 is 10.0 Å². The molecule has 1 fully saturated rings. The average molecular weight is 427 g/mol. The molecular weight excluding hydrogens is 396 g/mol. The van der Waals surface area contributed by atoms with Crippen LogP contribution in [0.3, 0.4) is 0 Å². The molecule has 1 amide bonds. The first-order valence-corrected chi connectivity index (χ1v) is 11.4. The van der Waals surface area contributed by atoms with Crippen molar-refractivity contribution in [2.75, 3.05) is 32.0 Å². The first-order valence-electron chi connectivity index (χ1n) is 9.77. The van der Waals surface area contributed by atoms with E-state index in [0.29, 0.717) is 31.7 Å². The van der Waals surface area contributed by atoms with E-state index in [2.05, 4.69) is 5.32 Å².